The van der Waals surface area contributed by atoms with E-state index in [0.29, 0.717) is 28.8 Å². The molecule has 0 saturated carbocycles. The fourth-order valence-corrected chi connectivity index (χ4v) is 3.46. The predicted molar refractivity (Wildman–Crippen MR) is 87.3 cm³/mol. The quantitative estimate of drug-likeness (QED) is 0.779. The molecule has 0 amide bonds. The molecule has 1 unspecified atom stereocenters. The molecule has 0 aromatic heterocycles. The zero-order valence-electron chi connectivity index (χ0n) is 13.1. The summed E-state index contributed by atoms with van der Waals surface area (Å²) in [6.45, 7) is 2.03. The van der Waals surface area contributed by atoms with Crippen LogP contribution >= 0.6 is 15.9 Å². The van der Waals surface area contributed by atoms with Gasteiger partial charge in [0.05, 0.1) is 35.3 Å². The molecule has 0 radical (unpaired) electrons. The minimum atomic E-state index is -0.668. The van der Waals surface area contributed by atoms with Gasteiger partial charge in [-0.15, -0.1) is 0 Å². The highest BCUT2D eigenvalue weighted by atomic mass is 79.9. The number of hydrogen-bond acceptors (Lipinski definition) is 5. The van der Waals surface area contributed by atoms with Crippen LogP contribution in [0.4, 0.5) is 4.39 Å². The Hall–Kier alpha value is -2.15. The van der Waals surface area contributed by atoms with Crippen molar-refractivity contribution in [3.63, 3.8) is 0 Å². The number of ether oxygens (including phenoxy) is 2. The maximum atomic E-state index is 13.6. The molecule has 0 aliphatic carbocycles. The summed E-state index contributed by atoms with van der Waals surface area (Å²) in [5.41, 5.74) is 2.62. The number of hydrogen-bond donors (Lipinski definition) is 1. The summed E-state index contributed by atoms with van der Waals surface area (Å²) in [5.74, 6) is -2.12. The number of carbonyl (C=O) groups excluding carboxylic acids is 2. The Labute approximate surface area is 146 Å². The van der Waals surface area contributed by atoms with Crippen molar-refractivity contribution >= 4 is 27.9 Å². The number of benzene rings is 1. The van der Waals surface area contributed by atoms with E-state index in [1.807, 2.05) is 0 Å². The van der Waals surface area contributed by atoms with E-state index >= 15 is 0 Å². The molecular weight excluding hydrogens is 381 g/mol. The summed E-state index contributed by atoms with van der Waals surface area (Å²) in [6.07, 6.45) is 0.533. The van der Waals surface area contributed by atoms with Crippen LogP contribution in [0.25, 0.3) is 0 Å². The molecule has 1 N–H and O–H groups in total. The molecule has 2 aliphatic heterocycles. The van der Waals surface area contributed by atoms with Gasteiger partial charge in [-0.2, -0.15) is 0 Å². The summed E-state index contributed by atoms with van der Waals surface area (Å²) >= 11 is 3.15. The van der Waals surface area contributed by atoms with Crippen molar-refractivity contribution in [1.82, 2.24) is 5.32 Å². The lowest BCUT2D eigenvalue weighted by Crippen LogP contribution is -2.36. The second-order valence-electron chi connectivity index (χ2n) is 5.54. The van der Waals surface area contributed by atoms with E-state index in [1.165, 1.54) is 13.2 Å². The van der Waals surface area contributed by atoms with Crippen LogP contribution in [0.3, 0.4) is 0 Å². The molecular formula is C17H15BrFNO4. The molecule has 1 atom stereocenters. The van der Waals surface area contributed by atoms with Crippen molar-refractivity contribution in [2.45, 2.75) is 19.3 Å². The predicted octanol–water partition coefficient (Wildman–Crippen LogP) is 2.92. The third kappa shape index (κ3) is 2.73. The third-order valence-corrected chi connectivity index (χ3v) is 4.74. The fourth-order valence-electron chi connectivity index (χ4n) is 3.06. The molecule has 7 heteroatoms. The number of halogens is 2. The van der Waals surface area contributed by atoms with Gasteiger partial charge in [0.2, 0.25) is 0 Å². The van der Waals surface area contributed by atoms with E-state index < -0.39 is 23.7 Å². The largest absolute Gasteiger partial charge is 0.466 e. The Morgan fingerprint density at radius 2 is 2.21 bits per heavy atom. The van der Waals surface area contributed by atoms with Gasteiger partial charge in [-0.05, 0) is 40.5 Å². The SMILES string of the molecule is COC(=O)C1=C(C)NC2=C(C(=O)OCC2)C1c1ccc(F)c(Br)c1. The number of carbonyl (C=O) groups is 2. The molecule has 3 rings (SSSR count). The first-order valence-corrected chi connectivity index (χ1v) is 8.14. The molecule has 2 heterocycles. The molecule has 24 heavy (non-hydrogen) atoms. The normalized spacial score (nSPS) is 20.3. The maximum Gasteiger partial charge on any atom is 0.336 e. The van der Waals surface area contributed by atoms with Crippen molar-refractivity contribution in [1.29, 1.82) is 0 Å². The average Bonchev–Trinajstić information content (AvgIpc) is 2.55. The minimum Gasteiger partial charge on any atom is -0.466 e. The van der Waals surface area contributed by atoms with Crippen molar-refractivity contribution in [3.05, 3.63) is 56.6 Å². The van der Waals surface area contributed by atoms with Gasteiger partial charge in [0.25, 0.3) is 0 Å². The lowest BCUT2D eigenvalue weighted by molar-refractivity contribution is -0.140. The van der Waals surface area contributed by atoms with Crippen LogP contribution in [0.2, 0.25) is 0 Å². The summed E-state index contributed by atoms with van der Waals surface area (Å²) in [7, 11) is 1.28. The lowest BCUT2D eigenvalue weighted by Gasteiger charge is -2.33. The number of dihydropyridines is 1. The van der Waals surface area contributed by atoms with Gasteiger partial charge < -0.3 is 14.8 Å². The number of cyclic esters (lactones) is 1. The highest BCUT2D eigenvalue weighted by Gasteiger charge is 2.40. The van der Waals surface area contributed by atoms with E-state index in [0.717, 1.165) is 5.70 Å². The zero-order chi connectivity index (χ0) is 17.4. The summed E-state index contributed by atoms with van der Waals surface area (Å²) in [4.78, 5) is 24.7. The molecule has 0 saturated heterocycles. The first-order valence-electron chi connectivity index (χ1n) is 7.35. The Balaban J connectivity index is 2.21. The number of allylic oxidation sites excluding steroid dienone is 1. The highest BCUT2D eigenvalue weighted by molar-refractivity contribution is 9.10. The molecule has 5 nitrogen and oxygen atoms in total. The van der Waals surface area contributed by atoms with E-state index in [2.05, 4.69) is 21.2 Å². The van der Waals surface area contributed by atoms with Gasteiger partial charge in [-0.1, -0.05) is 6.07 Å². The van der Waals surface area contributed by atoms with Crippen molar-refractivity contribution < 1.29 is 23.5 Å². The standard InChI is InChI=1S/C17H15BrFNO4/c1-8-13(16(21)23-2)14(9-3-4-11(19)10(18)7-9)15-12(20-8)5-6-24-17(15)22/h3-4,7,14,20H,5-6H2,1-2H3. The van der Waals surface area contributed by atoms with Crippen LogP contribution in [0, 0.1) is 5.82 Å². The summed E-state index contributed by atoms with van der Waals surface area (Å²) in [5, 5.41) is 3.11. The van der Waals surface area contributed by atoms with Crippen LogP contribution in [-0.2, 0) is 19.1 Å². The Bertz CT molecular complexity index is 800. The van der Waals surface area contributed by atoms with E-state index in [9.17, 15) is 14.0 Å². The lowest BCUT2D eigenvalue weighted by atomic mass is 9.79. The number of esters is 2. The van der Waals surface area contributed by atoms with E-state index in [1.54, 1.807) is 19.1 Å². The summed E-state index contributed by atoms with van der Waals surface area (Å²) < 4.78 is 23.9. The second kappa shape index (κ2) is 6.39. The van der Waals surface area contributed by atoms with E-state index in [4.69, 9.17) is 9.47 Å². The topological polar surface area (TPSA) is 64.6 Å². The van der Waals surface area contributed by atoms with Gasteiger partial charge in [0, 0.05) is 17.8 Å². The molecule has 126 valence electrons. The monoisotopic (exact) mass is 395 g/mol. The first-order chi connectivity index (χ1) is 11.4. The number of nitrogens with one attached hydrogen (secondary N) is 1. The molecule has 0 spiro atoms. The van der Waals surface area contributed by atoms with Crippen LogP contribution in [0.1, 0.15) is 24.8 Å². The van der Waals surface area contributed by atoms with Crippen LogP contribution < -0.4 is 5.32 Å². The maximum absolute atomic E-state index is 13.6. The highest BCUT2D eigenvalue weighted by Crippen LogP contribution is 2.41. The van der Waals surface area contributed by atoms with Crippen LogP contribution in [0.5, 0.6) is 0 Å². The van der Waals surface area contributed by atoms with Gasteiger partial charge >= 0.3 is 11.9 Å². The Morgan fingerprint density at radius 1 is 1.46 bits per heavy atom. The molecule has 2 aliphatic rings. The molecule has 1 aromatic rings. The molecule has 1 aromatic carbocycles. The average molecular weight is 396 g/mol. The molecule has 0 bridgehead atoms. The summed E-state index contributed by atoms with van der Waals surface area (Å²) in [6, 6.07) is 4.41. The minimum absolute atomic E-state index is 0.256. The zero-order valence-corrected chi connectivity index (χ0v) is 14.7. The van der Waals surface area contributed by atoms with Crippen molar-refractivity contribution in [2.24, 2.45) is 0 Å². The van der Waals surface area contributed by atoms with Gasteiger partial charge in [0.15, 0.2) is 0 Å². The smallest absolute Gasteiger partial charge is 0.336 e. The van der Waals surface area contributed by atoms with Crippen molar-refractivity contribution in [2.75, 3.05) is 13.7 Å². The van der Waals surface area contributed by atoms with Gasteiger partial charge in [-0.25, -0.2) is 14.0 Å². The Kier molecular flexibility index (Phi) is 4.45. The van der Waals surface area contributed by atoms with Gasteiger partial charge in [0.1, 0.15) is 5.82 Å². The van der Waals surface area contributed by atoms with Gasteiger partial charge in [-0.3, -0.25) is 0 Å². The van der Waals surface area contributed by atoms with E-state index in [-0.39, 0.29) is 11.1 Å². The van der Waals surface area contributed by atoms with Crippen molar-refractivity contribution in [3.8, 4) is 0 Å². The number of methoxy groups -OCH3 is 1. The van der Waals surface area contributed by atoms with Crippen LogP contribution in [-0.4, -0.2) is 25.7 Å². The first kappa shape index (κ1) is 16.7. The second-order valence-corrected chi connectivity index (χ2v) is 6.39. The molecule has 0 fully saturated rings. The Morgan fingerprint density at radius 3 is 2.88 bits per heavy atom. The number of rotatable bonds is 2. The third-order valence-electron chi connectivity index (χ3n) is 4.13. The fraction of sp³-hybridized carbons (Fsp3) is 0.294. The van der Waals surface area contributed by atoms with Crippen LogP contribution in [0.15, 0.2) is 45.2 Å².